The second-order valence-corrected chi connectivity index (χ2v) is 9.29. The first-order chi connectivity index (χ1) is 19.2. The van der Waals surface area contributed by atoms with Crippen LogP contribution in [0.1, 0.15) is 33.2 Å². The highest BCUT2D eigenvalue weighted by Gasteiger charge is 2.23. The van der Waals surface area contributed by atoms with Crippen LogP contribution in [0.5, 0.6) is 0 Å². The summed E-state index contributed by atoms with van der Waals surface area (Å²) in [5, 5.41) is 3.22. The Morgan fingerprint density at radius 2 is 1.68 bits per heavy atom. The van der Waals surface area contributed by atoms with Gasteiger partial charge in [0.05, 0.1) is 18.2 Å². The van der Waals surface area contributed by atoms with Gasteiger partial charge >= 0.3 is 0 Å². The highest BCUT2D eigenvalue weighted by molar-refractivity contribution is 5.94. The van der Waals surface area contributed by atoms with Crippen molar-refractivity contribution in [1.29, 1.82) is 0 Å². The van der Waals surface area contributed by atoms with E-state index in [9.17, 15) is 27.2 Å². The van der Waals surface area contributed by atoms with Crippen LogP contribution in [-0.4, -0.2) is 21.8 Å². The summed E-state index contributed by atoms with van der Waals surface area (Å²) in [5.41, 5.74) is 8.29. The molecule has 2 aromatic heterocycles. The second-order valence-electron chi connectivity index (χ2n) is 9.29. The molecule has 0 unspecified atom stereocenters. The summed E-state index contributed by atoms with van der Waals surface area (Å²) in [5.74, 6) is -4.73. The fraction of sp³-hybridized carbons (Fsp3) is 0.100. The van der Waals surface area contributed by atoms with Crippen LogP contribution in [0.2, 0.25) is 0 Å². The molecule has 0 radical (unpaired) electrons. The summed E-state index contributed by atoms with van der Waals surface area (Å²) in [6, 6.07) is 14.2. The quantitative estimate of drug-likeness (QED) is 0.223. The number of pyridine rings is 1. The highest BCUT2D eigenvalue weighted by Crippen LogP contribution is 2.30. The standard InChI is InChI=1S/C30H22F4N4O2/c31-20-7-16(8-21(32)12-20)9-27(29-22(5-2-6-36-29)17-3-1-4-18(10-17)30(35)40)38-28(39)11-19-15-37-26-14-25(34)24(33)13-23(19)26/h1-8,10,12-15,27,37H,9,11H2,(H2,35,40)(H,38,39)/t27-/m0/s1. The molecule has 40 heavy (non-hydrogen) atoms. The van der Waals surface area contributed by atoms with E-state index in [1.807, 2.05) is 0 Å². The van der Waals surface area contributed by atoms with E-state index in [4.69, 9.17) is 5.73 Å². The molecule has 4 N–H and O–H groups in total. The molecular weight excluding hydrogens is 524 g/mol. The fourth-order valence-electron chi connectivity index (χ4n) is 4.70. The van der Waals surface area contributed by atoms with Gasteiger partial charge in [0.2, 0.25) is 11.8 Å². The summed E-state index contributed by atoms with van der Waals surface area (Å²) in [4.78, 5) is 32.3. The van der Waals surface area contributed by atoms with Crippen LogP contribution < -0.4 is 11.1 Å². The normalized spacial score (nSPS) is 11.9. The molecule has 2 heterocycles. The molecule has 5 aromatic rings. The van der Waals surface area contributed by atoms with Crippen molar-refractivity contribution in [2.75, 3.05) is 0 Å². The third kappa shape index (κ3) is 5.70. The van der Waals surface area contributed by atoms with Gasteiger partial charge in [-0.15, -0.1) is 0 Å². The maximum Gasteiger partial charge on any atom is 0.248 e. The van der Waals surface area contributed by atoms with Gasteiger partial charge in [-0.25, -0.2) is 17.6 Å². The lowest BCUT2D eigenvalue weighted by Crippen LogP contribution is -2.32. The number of H-pyrrole nitrogens is 1. The Labute approximate surface area is 225 Å². The van der Waals surface area contributed by atoms with Gasteiger partial charge in [0.1, 0.15) is 11.6 Å². The van der Waals surface area contributed by atoms with Crippen molar-refractivity contribution in [3.8, 4) is 11.1 Å². The molecule has 5 rings (SSSR count). The first-order valence-corrected chi connectivity index (χ1v) is 12.2. The van der Waals surface area contributed by atoms with Gasteiger partial charge in [-0.2, -0.15) is 0 Å². The minimum atomic E-state index is -1.05. The van der Waals surface area contributed by atoms with E-state index in [0.29, 0.717) is 33.3 Å². The van der Waals surface area contributed by atoms with E-state index in [-0.39, 0.29) is 24.0 Å². The second kappa shape index (κ2) is 11.0. The molecule has 10 heteroatoms. The number of hydrogen-bond acceptors (Lipinski definition) is 3. The minimum Gasteiger partial charge on any atom is -0.366 e. The number of halogens is 4. The number of aromatic amines is 1. The van der Waals surface area contributed by atoms with E-state index in [1.54, 1.807) is 36.4 Å². The number of hydrogen-bond donors (Lipinski definition) is 3. The summed E-state index contributed by atoms with van der Waals surface area (Å²) in [6.45, 7) is 0. The van der Waals surface area contributed by atoms with Crippen molar-refractivity contribution in [2.24, 2.45) is 5.73 Å². The molecule has 6 nitrogen and oxygen atoms in total. The lowest BCUT2D eigenvalue weighted by Gasteiger charge is -2.22. The van der Waals surface area contributed by atoms with Crippen molar-refractivity contribution in [3.05, 3.63) is 125 Å². The number of rotatable bonds is 8. The van der Waals surface area contributed by atoms with Crippen molar-refractivity contribution in [1.82, 2.24) is 15.3 Å². The zero-order valence-electron chi connectivity index (χ0n) is 20.9. The van der Waals surface area contributed by atoms with Gasteiger partial charge in [-0.1, -0.05) is 18.2 Å². The Balaban J connectivity index is 1.51. The minimum absolute atomic E-state index is 0.0202. The molecule has 2 amide bonds. The van der Waals surface area contributed by atoms with Gasteiger partial charge in [0.15, 0.2) is 11.6 Å². The van der Waals surface area contributed by atoms with Crippen molar-refractivity contribution < 1.29 is 27.2 Å². The predicted molar refractivity (Wildman–Crippen MR) is 141 cm³/mol. The summed E-state index contributed by atoms with van der Waals surface area (Å²) < 4.78 is 55.6. The molecule has 0 spiro atoms. The smallest absolute Gasteiger partial charge is 0.248 e. The summed E-state index contributed by atoms with van der Waals surface area (Å²) >= 11 is 0. The molecule has 0 fully saturated rings. The molecule has 0 bridgehead atoms. The lowest BCUT2D eigenvalue weighted by molar-refractivity contribution is -0.121. The Morgan fingerprint density at radius 1 is 0.925 bits per heavy atom. The van der Waals surface area contributed by atoms with E-state index in [2.05, 4.69) is 15.3 Å². The molecular formula is C30H22F4N4O2. The average molecular weight is 547 g/mol. The van der Waals surface area contributed by atoms with Crippen LogP contribution in [0.15, 0.2) is 79.1 Å². The van der Waals surface area contributed by atoms with Crippen LogP contribution in [0, 0.1) is 23.3 Å². The number of fused-ring (bicyclic) bond motifs is 1. The third-order valence-corrected chi connectivity index (χ3v) is 6.48. The first-order valence-electron chi connectivity index (χ1n) is 12.2. The van der Waals surface area contributed by atoms with Gasteiger partial charge in [0, 0.05) is 46.6 Å². The number of carbonyl (C=O) groups is 2. The van der Waals surface area contributed by atoms with Crippen molar-refractivity contribution in [2.45, 2.75) is 18.9 Å². The largest absolute Gasteiger partial charge is 0.366 e. The summed E-state index contributed by atoms with van der Waals surface area (Å²) in [7, 11) is 0. The van der Waals surface area contributed by atoms with Crippen LogP contribution in [0.25, 0.3) is 22.0 Å². The van der Waals surface area contributed by atoms with E-state index in [0.717, 1.165) is 30.3 Å². The zero-order valence-corrected chi connectivity index (χ0v) is 20.9. The molecule has 0 aliphatic rings. The maximum absolute atomic E-state index is 14.0. The monoisotopic (exact) mass is 546 g/mol. The topological polar surface area (TPSA) is 101 Å². The Kier molecular flexibility index (Phi) is 7.33. The van der Waals surface area contributed by atoms with E-state index >= 15 is 0 Å². The Hall–Kier alpha value is -4.99. The van der Waals surface area contributed by atoms with Gasteiger partial charge < -0.3 is 16.0 Å². The number of amides is 2. The number of carbonyl (C=O) groups excluding carboxylic acids is 2. The predicted octanol–water partition coefficient (Wildman–Crippen LogP) is 5.53. The maximum atomic E-state index is 14.0. The van der Waals surface area contributed by atoms with Gasteiger partial charge in [0.25, 0.3) is 0 Å². The number of benzene rings is 3. The van der Waals surface area contributed by atoms with Gasteiger partial charge in [-0.05, 0) is 59.5 Å². The zero-order chi connectivity index (χ0) is 28.4. The Morgan fingerprint density at radius 3 is 2.42 bits per heavy atom. The highest BCUT2D eigenvalue weighted by atomic mass is 19.2. The molecule has 0 aliphatic carbocycles. The number of aromatic nitrogens is 2. The lowest BCUT2D eigenvalue weighted by atomic mass is 9.94. The van der Waals surface area contributed by atoms with Crippen LogP contribution in [0.3, 0.4) is 0 Å². The van der Waals surface area contributed by atoms with E-state index < -0.39 is 41.1 Å². The van der Waals surface area contributed by atoms with Crippen LogP contribution >= 0.6 is 0 Å². The molecule has 202 valence electrons. The number of nitrogens with one attached hydrogen (secondary N) is 2. The molecule has 1 atom stereocenters. The van der Waals surface area contributed by atoms with Crippen molar-refractivity contribution in [3.63, 3.8) is 0 Å². The van der Waals surface area contributed by atoms with Crippen LogP contribution in [-0.2, 0) is 17.6 Å². The van der Waals surface area contributed by atoms with E-state index in [1.165, 1.54) is 12.4 Å². The molecule has 0 saturated carbocycles. The molecule has 0 saturated heterocycles. The third-order valence-electron chi connectivity index (χ3n) is 6.48. The average Bonchev–Trinajstić information content (AvgIpc) is 3.28. The van der Waals surface area contributed by atoms with Gasteiger partial charge in [-0.3, -0.25) is 14.6 Å². The number of nitrogens with zero attached hydrogens (tertiary/aromatic N) is 1. The number of nitrogens with two attached hydrogens (primary N) is 1. The molecule has 3 aromatic carbocycles. The van der Waals surface area contributed by atoms with Crippen molar-refractivity contribution >= 4 is 22.7 Å². The fourth-order valence-corrected chi connectivity index (χ4v) is 4.70. The SMILES string of the molecule is NC(=O)c1cccc(-c2cccnc2[C@H](Cc2cc(F)cc(F)c2)NC(=O)Cc2c[nH]c3cc(F)c(F)cc23)c1. The molecule has 0 aliphatic heterocycles. The number of primary amides is 1. The first kappa shape index (κ1) is 26.6. The Bertz CT molecular complexity index is 1730. The summed E-state index contributed by atoms with van der Waals surface area (Å²) in [6.07, 6.45) is 2.78. The van der Waals surface area contributed by atoms with Crippen LogP contribution in [0.4, 0.5) is 17.6 Å².